The van der Waals surface area contributed by atoms with Crippen molar-refractivity contribution in [2.75, 3.05) is 0 Å². The van der Waals surface area contributed by atoms with Crippen LogP contribution in [0.2, 0.25) is 0 Å². The molecule has 5 rings (SSSR count). The molecule has 9 nitrogen and oxygen atoms in total. The molecule has 9 heteroatoms. The highest BCUT2D eigenvalue weighted by molar-refractivity contribution is 6.05. The summed E-state index contributed by atoms with van der Waals surface area (Å²) in [4.78, 5) is 38.2. The molecule has 1 aliphatic carbocycles. The van der Waals surface area contributed by atoms with Gasteiger partial charge in [0.15, 0.2) is 0 Å². The molecule has 3 atom stereocenters. The summed E-state index contributed by atoms with van der Waals surface area (Å²) in [6.45, 7) is 0.364. The minimum atomic E-state index is -0.612. The molecule has 3 heterocycles. The number of benzene rings is 1. The van der Waals surface area contributed by atoms with Crippen molar-refractivity contribution in [2.24, 2.45) is 5.73 Å². The number of carbonyl (C=O) groups is 3. The maximum Gasteiger partial charge on any atom is 0.255 e. The third kappa shape index (κ3) is 3.28. The number of nitrogens with one attached hydrogen (secondary N) is 1. The molecule has 1 aromatic heterocycles. The summed E-state index contributed by atoms with van der Waals surface area (Å²) in [5.41, 5.74) is 9.22. The monoisotopic (exact) mass is 408 g/mol. The summed E-state index contributed by atoms with van der Waals surface area (Å²) >= 11 is 0. The van der Waals surface area contributed by atoms with Gasteiger partial charge in [0.25, 0.3) is 5.91 Å². The smallest absolute Gasteiger partial charge is 0.255 e. The van der Waals surface area contributed by atoms with E-state index in [2.05, 4.69) is 15.6 Å². The highest BCUT2D eigenvalue weighted by Gasteiger charge is 2.39. The second kappa shape index (κ2) is 7.32. The highest BCUT2D eigenvalue weighted by atomic mass is 16.2. The molecule has 3 N–H and O–H groups in total. The van der Waals surface area contributed by atoms with Crippen LogP contribution < -0.4 is 11.1 Å². The van der Waals surface area contributed by atoms with Crippen LogP contribution in [0, 0.1) is 0 Å². The van der Waals surface area contributed by atoms with Gasteiger partial charge in [-0.3, -0.25) is 19.7 Å². The number of nitrogens with two attached hydrogens (primary N) is 1. The molecule has 1 saturated heterocycles. The van der Waals surface area contributed by atoms with Gasteiger partial charge in [-0.25, -0.2) is 4.68 Å². The topological polar surface area (TPSA) is 123 Å². The van der Waals surface area contributed by atoms with E-state index >= 15 is 0 Å². The van der Waals surface area contributed by atoms with E-state index in [-0.39, 0.29) is 24.3 Å². The summed E-state index contributed by atoms with van der Waals surface area (Å²) in [7, 11) is 0. The fraction of sp³-hybridized carbons (Fsp3) is 0.476. The van der Waals surface area contributed by atoms with Crippen molar-refractivity contribution in [1.82, 2.24) is 25.2 Å². The summed E-state index contributed by atoms with van der Waals surface area (Å²) < 4.78 is 1.69. The van der Waals surface area contributed by atoms with Crippen LogP contribution in [0.25, 0.3) is 5.69 Å². The Bertz CT molecular complexity index is 1030. The zero-order valence-electron chi connectivity index (χ0n) is 16.6. The van der Waals surface area contributed by atoms with E-state index in [0.717, 1.165) is 42.6 Å². The Morgan fingerprint density at radius 2 is 2.00 bits per heavy atom. The van der Waals surface area contributed by atoms with Crippen molar-refractivity contribution in [3.8, 4) is 5.69 Å². The molecule has 2 aromatic rings. The minimum absolute atomic E-state index is 0.194. The van der Waals surface area contributed by atoms with Crippen molar-refractivity contribution in [3.63, 3.8) is 0 Å². The molecule has 2 fully saturated rings. The SMILES string of the molecule is N[C@@H]1CCC[C@H](c2cn(-c3ccc4c(c3)C(=O)N(C3CCC(=O)NC3=O)C4)nn2)C1. The van der Waals surface area contributed by atoms with E-state index in [0.29, 0.717) is 24.4 Å². The molecule has 1 aromatic carbocycles. The molecule has 3 amide bonds. The third-order valence-electron chi connectivity index (χ3n) is 6.42. The first-order valence-electron chi connectivity index (χ1n) is 10.5. The van der Waals surface area contributed by atoms with Crippen LogP contribution in [-0.2, 0) is 16.1 Å². The van der Waals surface area contributed by atoms with Crippen molar-refractivity contribution in [2.45, 2.75) is 63.1 Å². The number of hydrogen-bond acceptors (Lipinski definition) is 6. The number of fused-ring (bicyclic) bond motifs is 1. The van der Waals surface area contributed by atoms with Crippen LogP contribution >= 0.6 is 0 Å². The van der Waals surface area contributed by atoms with E-state index in [1.54, 1.807) is 15.6 Å². The maximum absolute atomic E-state index is 13.0. The second-order valence-electron chi connectivity index (χ2n) is 8.45. The van der Waals surface area contributed by atoms with Crippen LogP contribution in [0.4, 0.5) is 0 Å². The normalized spacial score (nSPS) is 26.6. The largest absolute Gasteiger partial charge is 0.328 e. The first-order valence-corrected chi connectivity index (χ1v) is 10.5. The number of nitrogens with zero attached hydrogens (tertiary/aromatic N) is 4. The summed E-state index contributed by atoms with van der Waals surface area (Å²) in [6.07, 6.45) is 6.66. The van der Waals surface area contributed by atoms with Gasteiger partial charge in [0.2, 0.25) is 11.8 Å². The number of imide groups is 1. The first-order chi connectivity index (χ1) is 14.5. The molecule has 0 spiro atoms. The Balaban J connectivity index is 1.36. The van der Waals surface area contributed by atoms with Gasteiger partial charge in [0.1, 0.15) is 6.04 Å². The lowest BCUT2D eigenvalue weighted by Gasteiger charge is -2.29. The van der Waals surface area contributed by atoms with E-state index in [9.17, 15) is 14.4 Å². The predicted octanol–water partition coefficient (Wildman–Crippen LogP) is 1.01. The van der Waals surface area contributed by atoms with Gasteiger partial charge in [-0.15, -0.1) is 5.10 Å². The van der Waals surface area contributed by atoms with Crippen LogP contribution in [0.1, 0.15) is 66.1 Å². The Morgan fingerprint density at radius 1 is 1.13 bits per heavy atom. The Hall–Kier alpha value is -3.07. The van der Waals surface area contributed by atoms with Crippen LogP contribution in [0.15, 0.2) is 24.4 Å². The van der Waals surface area contributed by atoms with Crippen molar-refractivity contribution >= 4 is 17.7 Å². The zero-order chi connectivity index (χ0) is 20.8. The second-order valence-corrected chi connectivity index (χ2v) is 8.45. The molecular formula is C21H24N6O3. The molecule has 0 bridgehead atoms. The number of hydrogen-bond donors (Lipinski definition) is 2. The van der Waals surface area contributed by atoms with Gasteiger partial charge < -0.3 is 10.6 Å². The van der Waals surface area contributed by atoms with Gasteiger partial charge >= 0.3 is 0 Å². The van der Waals surface area contributed by atoms with Gasteiger partial charge in [0.05, 0.1) is 17.6 Å². The molecule has 1 unspecified atom stereocenters. The molecule has 30 heavy (non-hydrogen) atoms. The molecule has 2 aliphatic heterocycles. The fourth-order valence-electron chi connectivity index (χ4n) is 4.77. The molecule has 3 aliphatic rings. The Kier molecular flexibility index (Phi) is 4.62. The molecule has 1 saturated carbocycles. The van der Waals surface area contributed by atoms with Crippen LogP contribution in [-0.4, -0.2) is 49.7 Å². The lowest BCUT2D eigenvalue weighted by atomic mass is 9.84. The average molecular weight is 408 g/mol. The summed E-state index contributed by atoms with van der Waals surface area (Å²) in [5, 5.41) is 10.9. The van der Waals surface area contributed by atoms with Crippen LogP contribution in [0.3, 0.4) is 0 Å². The van der Waals surface area contributed by atoms with E-state index < -0.39 is 11.9 Å². The van der Waals surface area contributed by atoms with Gasteiger partial charge in [0, 0.05) is 30.5 Å². The number of carbonyl (C=O) groups excluding carboxylic acids is 3. The Morgan fingerprint density at radius 3 is 2.80 bits per heavy atom. The van der Waals surface area contributed by atoms with Gasteiger partial charge in [-0.05, 0) is 43.4 Å². The molecule has 0 radical (unpaired) electrons. The lowest BCUT2D eigenvalue weighted by molar-refractivity contribution is -0.136. The minimum Gasteiger partial charge on any atom is -0.328 e. The van der Waals surface area contributed by atoms with E-state index in [1.165, 1.54) is 0 Å². The maximum atomic E-state index is 13.0. The number of rotatable bonds is 3. The summed E-state index contributed by atoms with van der Waals surface area (Å²) in [6, 6.07) is 5.20. The number of piperidine rings is 1. The number of amides is 3. The lowest BCUT2D eigenvalue weighted by Crippen LogP contribution is -2.52. The predicted molar refractivity (Wildman–Crippen MR) is 107 cm³/mol. The van der Waals surface area contributed by atoms with Gasteiger partial charge in [-0.1, -0.05) is 17.7 Å². The quantitative estimate of drug-likeness (QED) is 0.731. The van der Waals surface area contributed by atoms with E-state index in [4.69, 9.17) is 5.73 Å². The zero-order valence-corrected chi connectivity index (χ0v) is 16.6. The fourth-order valence-corrected chi connectivity index (χ4v) is 4.77. The van der Waals surface area contributed by atoms with E-state index in [1.807, 2.05) is 18.3 Å². The third-order valence-corrected chi connectivity index (χ3v) is 6.42. The van der Waals surface area contributed by atoms with Crippen LogP contribution in [0.5, 0.6) is 0 Å². The number of aromatic nitrogens is 3. The highest BCUT2D eigenvalue weighted by Crippen LogP contribution is 2.32. The average Bonchev–Trinajstić information content (AvgIpc) is 3.34. The Labute approximate surface area is 173 Å². The van der Waals surface area contributed by atoms with Crippen molar-refractivity contribution in [1.29, 1.82) is 0 Å². The molecular weight excluding hydrogens is 384 g/mol. The van der Waals surface area contributed by atoms with Gasteiger partial charge in [-0.2, -0.15) is 0 Å². The molecule has 156 valence electrons. The van der Waals surface area contributed by atoms with Crippen molar-refractivity contribution in [3.05, 3.63) is 41.2 Å². The van der Waals surface area contributed by atoms with Crippen molar-refractivity contribution < 1.29 is 14.4 Å². The standard InChI is InChI=1S/C21H24N6O3/c22-14-3-1-2-12(8-14)17-11-27(25-24-17)15-5-4-13-10-26(21(30)16(13)9-15)18-6-7-19(28)23-20(18)29/h4-5,9,11-12,14,18H,1-3,6-8,10,22H2,(H,23,28,29)/t12-,14+,18?/m0/s1. The first kappa shape index (κ1) is 18.9. The summed E-state index contributed by atoms with van der Waals surface area (Å²) in [5.74, 6) is -0.565.